The van der Waals surface area contributed by atoms with Gasteiger partial charge in [0.05, 0.1) is 5.52 Å². The molecule has 3 rings (SSSR count). The number of fused-ring (bicyclic) bond motifs is 1. The molecule has 0 spiro atoms. The highest BCUT2D eigenvalue weighted by Gasteiger charge is 2.09. The Morgan fingerprint density at radius 3 is 2.74 bits per heavy atom. The topological polar surface area (TPSA) is 66.9 Å². The molecule has 1 heterocycles. The van der Waals surface area contributed by atoms with Crippen molar-refractivity contribution in [3.63, 3.8) is 0 Å². The van der Waals surface area contributed by atoms with Crippen LogP contribution in [0.1, 0.15) is 12.5 Å². The minimum Gasteiger partial charge on any atom is -0.340 e. The van der Waals surface area contributed by atoms with E-state index in [2.05, 4.69) is 36.5 Å². The van der Waals surface area contributed by atoms with Crippen LogP contribution < -0.4 is 10.6 Å². The fourth-order valence-corrected chi connectivity index (χ4v) is 2.73. The molecular weight excluding hydrogens is 356 g/mol. The number of aryl methyl sites for hydroxylation is 1. The van der Waals surface area contributed by atoms with E-state index in [1.165, 1.54) is 13.3 Å². The minimum atomic E-state index is -0.106. The highest BCUT2D eigenvalue weighted by atomic mass is 79.9. The molecule has 5 nitrogen and oxygen atoms in total. The summed E-state index contributed by atoms with van der Waals surface area (Å²) in [6.45, 7) is 3.43. The van der Waals surface area contributed by atoms with Gasteiger partial charge in [-0.05, 0) is 42.8 Å². The van der Waals surface area contributed by atoms with Gasteiger partial charge < -0.3 is 10.6 Å². The first kappa shape index (κ1) is 15.4. The van der Waals surface area contributed by atoms with E-state index in [0.29, 0.717) is 5.82 Å². The largest absolute Gasteiger partial charge is 0.340 e. The maximum atomic E-state index is 11.4. The Morgan fingerprint density at radius 2 is 2.00 bits per heavy atom. The molecule has 0 fully saturated rings. The van der Waals surface area contributed by atoms with E-state index in [-0.39, 0.29) is 5.91 Å². The molecule has 1 aromatic heterocycles. The lowest BCUT2D eigenvalue weighted by atomic mass is 10.1. The molecule has 0 aliphatic rings. The molecule has 3 aromatic rings. The summed E-state index contributed by atoms with van der Waals surface area (Å²) in [6.07, 6.45) is 1.53. The molecule has 0 saturated carbocycles. The number of rotatable bonds is 3. The number of nitrogens with zero attached hydrogens (tertiary/aromatic N) is 2. The number of anilines is 3. The van der Waals surface area contributed by atoms with Crippen LogP contribution in [-0.2, 0) is 4.79 Å². The average Bonchev–Trinajstić information content (AvgIpc) is 2.48. The molecule has 0 radical (unpaired) electrons. The van der Waals surface area contributed by atoms with Crippen molar-refractivity contribution in [3.05, 3.63) is 52.8 Å². The smallest absolute Gasteiger partial charge is 0.221 e. The third-order valence-corrected chi connectivity index (χ3v) is 3.87. The first-order chi connectivity index (χ1) is 11.0. The van der Waals surface area contributed by atoms with Gasteiger partial charge in [0, 0.05) is 28.2 Å². The molecule has 6 heteroatoms. The van der Waals surface area contributed by atoms with E-state index in [1.807, 2.05) is 43.3 Å². The van der Waals surface area contributed by atoms with Crippen molar-refractivity contribution < 1.29 is 4.79 Å². The zero-order valence-electron chi connectivity index (χ0n) is 12.7. The molecule has 1 amide bonds. The van der Waals surface area contributed by atoms with Crippen molar-refractivity contribution in [2.75, 3.05) is 10.6 Å². The average molecular weight is 371 g/mol. The van der Waals surface area contributed by atoms with Crippen LogP contribution in [0.2, 0.25) is 0 Å². The lowest BCUT2D eigenvalue weighted by Crippen LogP contribution is -2.07. The zero-order valence-corrected chi connectivity index (χ0v) is 14.3. The number of hydrogen-bond acceptors (Lipinski definition) is 4. The van der Waals surface area contributed by atoms with Crippen LogP contribution in [0.25, 0.3) is 10.9 Å². The van der Waals surface area contributed by atoms with Gasteiger partial charge >= 0.3 is 0 Å². The third-order valence-electron chi connectivity index (χ3n) is 3.38. The molecule has 0 aliphatic heterocycles. The summed E-state index contributed by atoms with van der Waals surface area (Å²) in [7, 11) is 0. The Bertz CT molecular complexity index is 895. The summed E-state index contributed by atoms with van der Waals surface area (Å²) in [5.74, 6) is 0.588. The Morgan fingerprint density at radius 1 is 1.17 bits per heavy atom. The summed E-state index contributed by atoms with van der Waals surface area (Å²) in [4.78, 5) is 20.0. The first-order valence-electron chi connectivity index (χ1n) is 7.08. The first-order valence-corrected chi connectivity index (χ1v) is 7.88. The van der Waals surface area contributed by atoms with Gasteiger partial charge in [-0.15, -0.1) is 0 Å². The van der Waals surface area contributed by atoms with Gasteiger partial charge in [0.25, 0.3) is 0 Å². The normalized spacial score (nSPS) is 10.6. The Labute approximate surface area is 142 Å². The summed E-state index contributed by atoms with van der Waals surface area (Å²) in [5.41, 5.74) is 3.46. The summed E-state index contributed by atoms with van der Waals surface area (Å²) >= 11 is 3.45. The molecule has 2 N–H and O–H groups in total. The van der Waals surface area contributed by atoms with Gasteiger partial charge in [0.2, 0.25) is 5.91 Å². The molecular formula is C17H15BrN4O. The number of benzene rings is 2. The van der Waals surface area contributed by atoms with Crippen LogP contribution in [0, 0.1) is 6.92 Å². The molecule has 0 aliphatic carbocycles. The summed E-state index contributed by atoms with van der Waals surface area (Å²) < 4.78 is 0.982. The fourth-order valence-electron chi connectivity index (χ4n) is 2.33. The molecule has 2 aromatic carbocycles. The van der Waals surface area contributed by atoms with Crippen LogP contribution in [-0.4, -0.2) is 15.9 Å². The van der Waals surface area contributed by atoms with Crippen molar-refractivity contribution in [2.24, 2.45) is 0 Å². The number of aromatic nitrogens is 2. The van der Waals surface area contributed by atoms with Crippen LogP contribution >= 0.6 is 15.9 Å². The predicted molar refractivity (Wildman–Crippen MR) is 96.0 cm³/mol. The van der Waals surface area contributed by atoms with Gasteiger partial charge in [-0.2, -0.15) is 0 Å². The predicted octanol–water partition coefficient (Wildman–Crippen LogP) is 4.40. The van der Waals surface area contributed by atoms with E-state index in [9.17, 15) is 4.79 Å². The lowest BCUT2D eigenvalue weighted by Gasteiger charge is -2.12. The van der Waals surface area contributed by atoms with Gasteiger partial charge in [0.15, 0.2) is 0 Å². The number of nitrogens with one attached hydrogen (secondary N) is 2. The van der Waals surface area contributed by atoms with Gasteiger partial charge in [0.1, 0.15) is 12.1 Å². The van der Waals surface area contributed by atoms with E-state index >= 15 is 0 Å². The second-order valence-electron chi connectivity index (χ2n) is 5.22. The number of carbonyl (C=O) groups excluding carboxylic acids is 1. The van der Waals surface area contributed by atoms with E-state index < -0.39 is 0 Å². The van der Waals surface area contributed by atoms with E-state index in [0.717, 1.165) is 32.3 Å². The highest BCUT2D eigenvalue weighted by molar-refractivity contribution is 9.10. The van der Waals surface area contributed by atoms with Crippen LogP contribution in [0.5, 0.6) is 0 Å². The van der Waals surface area contributed by atoms with Crippen molar-refractivity contribution in [1.82, 2.24) is 9.97 Å². The van der Waals surface area contributed by atoms with Gasteiger partial charge in [-0.3, -0.25) is 4.79 Å². The maximum Gasteiger partial charge on any atom is 0.221 e. The summed E-state index contributed by atoms with van der Waals surface area (Å²) in [5, 5.41) is 6.98. The van der Waals surface area contributed by atoms with Crippen molar-refractivity contribution in [3.8, 4) is 0 Å². The lowest BCUT2D eigenvalue weighted by molar-refractivity contribution is -0.114. The Balaban J connectivity index is 2.07. The van der Waals surface area contributed by atoms with E-state index in [1.54, 1.807) is 0 Å². The second kappa shape index (κ2) is 6.34. The number of amides is 1. The zero-order chi connectivity index (χ0) is 16.4. The fraction of sp³-hybridized carbons (Fsp3) is 0.118. The number of hydrogen-bond donors (Lipinski definition) is 2. The third kappa shape index (κ3) is 3.48. The quantitative estimate of drug-likeness (QED) is 0.716. The Kier molecular flexibility index (Phi) is 4.25. The van der Waals surface area contributed by atoms with Crippen LogP contribution in [0.15, 0.2) is 47.2 Å². The highest BCUT2D eigenvalue weighted by Crippen LogP contribution is 2.29. The Hall–Kier alpha value is -2.47. The second-order valence-corrected chi connectivity index (χ2v) is 6.14. The molecule has 0 unspecified atom stereocenters. The van der Waals surface area contributed by atoms with Crippen molar-refractivity contribution in [2.45, 2.75) is 13.8 Å². The van der Waals surface area contributed by atoms with Crippen LogP contribution in [0.3, 0.4) is 0 Å². The van der Waals surface area contributed by atoms with Gasteiger partial charge in [-0.1, -0.05) is 22.0 Å². The maximum absolute atomic E-state index is 11.4. The SMILES string of the molecule is CC(=O)Nc1cc2c(Nc3cccc(Br)c3)ncnc2cc1C. The molecule has 0 saturated heterocycles. The van der Waals surface area contributed by atoms with Crippen molar-refractivity contribution in [1.29, 1.82) is 0 Å². The van der Waals surface area contributed by atoms with Crippen LogP contribution in [0.4, 0.5) is 17.2 Å². The summed E-state index contributed by atoms with van der Waals surface area (Å²) in [6, 6.07) is 11.7. The number of carbonyl (C=O) groups is 1. The minimum absolute atomic E-state index is 0.106. The van der Waals surface area contributed by atoms with Gasteiger partial charge in [-0.25, -0.2) is 9.97 Å². The molecule has 23 heavy (non-hydrogen) atoms. The molecule has 0 atom stereocenters. The van der Waals surface area contributed by atoms with Crippen molar-refractivity contribution >= 4 is 49.9 Å². The number of halogens is 1. The van der Waals surface area contributed by atoms with E-state index in [4.69, 9.17) is 0 Å². The molecule has 0 bridgehead atoms. The monoisotopic (exact) mass is 370 g/mol. The standard InChI is InChI=1S/C17H15BrN4O/c1-10-6-16-14(8-15(10)21-11(2)23)17(20-9-19-16)22-13-5-3-4-12(18)7-13/h3-9H,1-2H3,(H,21,23)(H,19,20,22). The molecule has 116 valence electrons.